The molecule has 8 N–H and O–H groups in total. The summed E-state index contributed by atoms with van der Waals surface area (Å²) in [4.78, 5) is 166. The third-order valence-corrected chi connectivity index (χ3v) is 20.9. The topological polar surface area (TPSA) is 419 Å². The maximum atomic E-state index is 14.5. The molecule has 111 heavy (non-hydrogen) atoms. The number of thiazole rings is 1. The lowest BCUT2D eigenvalue weighted by molar-refractivity contribution is -0.150. The summed E-state index contributed by atoms with van der Waals surface area (Å²) in [5.74, 6) is -2.16. The van der Waals surface area contributed by atoms with Gasteiger partial charge in [0.2, 0.25) is 42.3 Å². The Balaban J connectivity index is 0.000000198. The monoisotopic (exact) mass is 1570 g/mol. The van der Waals surface area contributed by atoms with Crippen LogP contribution >= 0.6 is 22.7 Å². The molecule has 0 bridgehead atoms. The summed E-state index contributed by atoms with van der Waals surface area (Å²) in [6.45, 7) is 14.1. The fraction of sp³-hybridized carbons (Fsp3) is 0.519. The van der Waals surface area contributed by atoms with Crippen LogP contribution in [-0.4, -0.2) is 200 Å². The van der Waals surface area contributed by atoms with E-state index in [1.165, 1.54) is 39.6 Å². The Morgan fingerprint density at radius 1 is 0.631 bits per heavy atom. The van der Waals surface area contributed by atoms with Crippen LogP contribution in [0.3, 0.4) is 0 Å². The first kappa shape index (κ1) is 82.9. The van der Waals surface area contributed by atoms with E-state index >= 15 is 0 Å². The SMILES string of the molecule is CCOC(=O)[C@@]12C[C@H]1/C=C\CCCCC[C@@H](NC(=O)OC(C)(C)C)C(=O)N1C[C@@H](O)C[C@H]1C(=O)N2.CCOC(=O)[C@@]12C[C@H]1/C=C\CCCCC[C@@H](NC(=O)OC(C)(C)C)C(=O)N1C[C@@H](Oc3nc4cc(OC)ccc4nc3-c3csc(NC=O)n3)C[C@H]1C(=O)N2.COc1ccc2nc(-c3cc(NC=O)cs3)c(=O)[nH]c2c1. The van der Waals surface area contributed by atoms with Crippen molar-refractivity contribution in [2.75, 3.05) is 51.2 Å². The molecule has 0 unspecified atom stereocenters. The number of hydrogen-bond donors (Lipinski definition) is 8. The van der Waals surface area contributed by atoms with Gasteiger partial charge in [-0.1, -0.05) is 50.0 Å². The number of aromatic amines is 1. The van der Waals surface area contributed by atoms with Crippen LogP contribution in [0.25, 0.3) is 44.0 Å². The number of ether oxygens (including phenoxy) is 7. The second-order valence-electron chi connectivity index (χ2n) is 29.7. The van der Waals surface area contributed by atoms with Crippen molar-refractivity contribution < 1.29 is 86.2 Å². The predicted octanol–water partition coefficient (Wildman–Crippen LogP) is 8.56. The number of amides is 8. The van der Waals surface area contributed by atoms with E-state index in [1.807, 2.05) is 24.3 Å². The molecule has 596 valence electrons. The standard InChI is InChI=1S/C38H47N7O9S.C25H39N3O7.C14H11N3O3S/c1-6-52-34(49)38-18-22(38)12-10-8-7-9-11-13-26(43-36(50)54-37(2,3)4)33(48)45-19-24(17-29(45)31(47)44-38)53-32-30(28-20-55-35(42-28)39-21-46)40-25-15-14-23(51-5)16-27(25)41-32;1-5-34-22(32)25-14-16(25)11-9-7-6-8-10-12-18(26-23(33)35-24(2,3)4)21(31)28-15-17(29)13-19(28)20(30)27-25;1-20-9-2-3-10-11(5-9)17-14(19)13(16-10)12-4-8(6-21-12)15-7-18/h10,12,14-16,20-22,24,26,29H,6-9,11,13,17-19H2,1-5H3,(H,43,50)(H,44,47)(H,39,42,46);9,11,16-19,29H,5-8,10,12-15H2,1-4H3,(H,26,33)(H,27,30);2-7H,1H3,(H,15,18)(H,17,19)/b12-10-;11-9-;/t22-,24+,26-,29+,38-;16-,17+,18-,19+,25-;/m11./s1. The summed E-state index contributed by atoms with van der Waals surface area (Å²) in [6.07, 6.45) is 13.8. The van der Waals surface area contributed by atoms with Gasteiger partial charge in [0, 0.05) is 54.1 Å². The van der Waals surface area contributed by atoms with Crippen LogP contribution in [0.15, 0.2) is 82.3 Å². The molecule has 12 rings (SSSR count). The molecule has 32 nitrogen and oxygen atoms in total. The largest absolute Gasteiger partial charge is 0.497 e. The molecule has 0 radical (unpaired) electrons. The minimum Gasteiger partial charge on any atom is -0.497 e. The van der Waals surface area contributed by atoms with Crippen LogP contribution in [-0.2, 0) is 57.3 Å². The van der Waals surface area contributed by atoms with Crippen molar-refractivity contribution in [1.82, 2.24) is 56.0 Å². The average Bonchev–Trinajstić information content (AvgIpc) is 1.58. The van der Waals surface area contributed by atoms with Crippen molar-refractivity contribution in [2.45, 2.75) is 204 Å². The van der Waals surface area contributed by atoms with Crippen LogP contribution in [0.2, 0.25) is 0 Å². The molecule has 10 atom stereocenters. The quantitative estimate of drug-likeness (QED) is 0.0194. The number of thiophene rings is 1. The number of aliphatic hydroxyl groups is 1. The van der Waals surface area contributed by atoms with Crippen LogP contribution < -0.4 is 51.7 Å². The zero-order valence-electron chi connectivity index (χ0n) is 63.8. The van der Waals surface area contributed by atoms with E-state index in [1.54, 1.807) is 116 Å². The first-order valence-corrected chi connectivity index (χ1v) is 38.9. The lowest BCUT2D eigenvalue weighted by atomic mass is 10.0. The summed E-state index contributed by atoms with van der Waals surface area (Å²) in [5.41, 5.74) is -0.306. The van der Waals surface area contributed by atoms with Gasteiger partial charge in [0.1, 0.15) is 75.4 Å². The molecule has 4 aromatic heterocycles. The Labute approximate surface area is 649 Å². The third kappa shape index (κ3) is 21.1. The summed E-state index contributed by atoms with van der Waals surface area (Å²) < 4.78 is 38.6. The number of methoxy groups -OCH3 is 2. The molecule has 4 aliphatic heterocycles. The minimum absolute atomic E-state index is 0.0286. The van der Waals surface area contributed by atoms with Gasteiger partial charge in [-0.25, -0.2) is 39.1 Å². The average molecular weight is 1570 g/mol. The summed E-state index contributed by atoms with van der Waals surface area (Å²) >= 11 is 2.54. The van der Waals surface area contributed by atoms with E-state index in [2.05, 4.69) is 46.9 Å². The number of rotatable bonds is 16. The Bertz CT molecular complexity index is 4530. The van der Waals surface area contributed by atoms with Crippen molar-refractivity contribution in [3.8, 4) is 39.3 Å². The van der Waals surface area contributed by atoms with Crippen LogP contribution in [0.4, 0.5) is 20.4 Å². The fourth-order valence-electron chi connectivity index (χ4n) is 13.6. The van der Waals surface area contributed by atoms with Crippen LogP contribution in [0.5, 0.6) is 17.4 Å². The molecule has 2 saturated carbocycles. The van der Waals surface area contributed by atoms with Crippen molar-refractivity contribution in [3.63, 3.8) is 0 Å². The van der Waals surface area contributed by atoms with E-state index in [0.717, 1.165) is 38.5 Å². The predicted molar refractivity (Wildman–Crippen MR) is 411 cm³/mol. The summed E-state index contributed by atoms with van der Waals surface area (Å²) in [6, 6.07) is 8.28. The number of aromatic nitrogens is 5. The van der Waals surface area contributed by atoms with E-state index in [0.29, 0.717) is 112 Å². The molecule has 2 aromatic carbocycles. The van der Waals surface area contributed by atoms with Gasteiger partial charge in [0.25, 0.3) is 5.56 Å². The maximum Gasteiger partial charge on any atom is 0.408 e. The number of carbonyl (C=O) groups excluding carboxylic acids is 10. The fourth-order valence-corrected chi connectivity index (χ4v) is 15.1. The van der Waals surface area contributed by atoms with Gasteiger partial charge in [0.15, 0.2) is 10.8 Å². The number of allylic oxidation sites excluding steroid dienone is 2. The molecule has 8 heterocycles. The van der Waals surface area contributed by atoms with Crippen molar-refractivity contribution >= 4 is 116 Å². The van der Waals surface area contributed by atoms with Crippen LogP contribution in [0.1, 0.15) is 145 Å². The summed E-state index contributed by atoms with van der Waals surface area (Å²) in [5, 5.41) is 30.4. The van der Waals surface area contributed by atoms with Crippen molar-refractivity contribution in [2.24, 2.45) is 11.8 Å². The normalized spacial score (nSPS) is 24.7. The molecule has 6 aromatic rings. The first-order chi connectivity index (χ1) is 53.0. The van der Waals surface area contributed by atoms with Crippen molar-refractivity contribution in [3.05, 3.63) is 87.9 Å². The number of nitrogens with zero attached hydrogens (tertiary/aromatic N) is 6. The molecule has 0 spiro atoms. The molecule has 4 fully saturated rings. The lowest BCUT2D eigenvalue weighted by Crippen LogP contribution is -2.56. The minimum atomic E-state index is -1.26. The molecule has 2 saturated heterocycles. The van der Waals surface area contributed by atoms with E-state index in [4.69, 9.17) is 43.1 Å². The molecular formula is C77H97N13O19S2. The number of esters is 2. The Morgan fingerprint density at radius 2 is 1.17 bits per heavy atom. The highest BCUT2D eigenvalue weighted by atomic mass is 32.1. The molecular weight excluding hydrogens is 1480 g/mol. The zero-order chi connectivity index (χ0) is 80.0. The Morgan fingerprint density at radius 3 is 1.72 bits per heavy atom. The van der Waals surface area contributed by atoms with E-state index in [9.17, 15) is 57.8 Å². The van der Waals surface area contributed by atoms with Gasteiger partial charge in [-0.15, -0.1) is 22.7 Å². The number of fused-ring (bicyclic) bond motifs is 6. The smallest absolute Gasteiger partial charge is 0.408 e. The number of hydrogen-bond acceptors (Lipinski definition) is 25. The third-order valence-electron chi connectivity index (χ3n) is 19.2. The first-order valence-electron chi connectivity index (χ1n) is 37.2. The van der Waals surface area contributed by atoms with E-state index in [-0.39, 0.29) is 68.1 Å². The highest BCUT2D eigenvalue weighted by molar-refractivity contribution is 7.14. The molecule has 2 aliphatic carbocycles. The van der Waals surface area contributed by atoms with Crippen molar-refractivity contribution in [1.29, 1.82) is 0 Å². The number of aliphatic hydroxyl groups excluding tert-OH is 1. The Kier molecular flexibility index (Phi) is 27.2. The van der Waals surface area contributed by atoms with Gasteiger partial charge in [0.05, 0.1) is 72.7 Å². The van der Waals surface area contributed by atoms with Gasteiger partial charge >= 0.3 is 24.1 Å². The lowest BCUT2D eigenvalue weighted by Gasteiger charge is -2.30. The second-order valence-corrected chi connectivity index (χ2v) is 31.5. The number of alkyl carbamates (subject to hydrolysis) is 2. The van der Waals surface area contributed by atoms with Gasteiger partial charge < -0.3 is 84.9 Å². The number of anilines is 2. The van der Waals surface area contributed by atoms with Gasteiger partial charge in [-0.2, -0.15) is 0 Å². The van der Waals surface area contributed by atoms with Gasteiger partial charge in [-0.05, 0) is 137 Å². The number of carbonyl (C=O) groups is 10. The number of nitrogens with one attached hydrogen (secondary N) is 7. The van der Waals surface area contributed by atoms with Crippen LogP contribution in [0, 0.1) is 11.8 Å². The Hall–Kier alpha value is -10.6. The number of H-pyrrole nitrogens is 1. The molecule has 8 amide bonds. The highest BCUT2D eigenvalue weighted by Crippen LogP contribution is 2.48. The highest BCUT2D eigenvalue weighted by Gasteiger charge is 2.63. The zero-order valence-corrected chi connectivity index (χ0v) is 65.4. The maximum absolute atomic E-state index is 14.5. The number of benzene rings is 2. The molecule has 6 aliphatic rings. The van der Waals surface area contributed by atoms with Gasteiger partial charge in [-0.3, -0.25) is 33.6 Å². The molecule has 34 heteroatoms. The summed E-state index contributed by atoms with van der Waals surface area (Å²) in [7, 11) is 3.10. The second kappa shape index (κ2) is 36.5. The van der Waals surface area contributed by atoms with E-state index < -0.39 is 106 Å².